The Balaban J connectivity index is 1.62. The van der Waals surface area contributed by atoms with Crippen molar-refractivity contribution in [2.75, 3.05) is 12.0 Å². The molecule has 148 valence electrons. The maximum atomic E-state index is 13.9. The topological polar surface area (TPSA) is 46.6 Å². The number of carbonyl (C=O) groups excluding carboxylic acids is 2. The number of amides is 2. The average Bonchev–Trinajstić information content (AvgIpc) is 3.05. The van der Waals surface area contributed by atoms with Gasteiger partial charge in [-0.25, -0.2) is 4.90 Å². The number of rotatable bonds is 2. The predicted octanol–water partition coefficient (Wildman–Crippen LogP) is 4.27. The molecule has 0 saturated carbocycles. The molecule has 2 bridgehead atoms. The van der Waals surface area contributed by atoms with E-state index in [0.717, 1.165) is 11.1 Å². The number of ether oxygens (including phenoxy) is 1. The van der Waals surface area contributed by atoms with Gasteiger partial charge < -0.3 is 4.74 Å². The van der Waals surface area contributed by atoms with Gasteiger partial charge in [0.25, 0.3) is 0 Å². The summed E-state index contributed by atoms with van der Waals surface area (Å²) >= 11 is 0. The van der Waals surface area contributed by atoms with Crippen molar-refractivity contribution in [2.24, 2.45) is 11.8 Å². The zero-order valence-corrected chi connectivity index (χ0v) is 16.8. The van der Waals surface area contributed by atoms with E-state index in [1.54, 1.807) is 19.2 Å². The van der Waals surface area contributed by atoms with Gasteiger partial charge in [0.2, 0.25) is 11.8 Å². The summed E-state index contributed by atoms with van der Waals surface area (Å²) in [6, 6.07) is 23.9. The fraction of sp³-hybridized carbons (Fsp3) is 0.231. The van der Waals surface area contributed by atoms with Crippen LogP contribution in [0.25, 0.3) is 0 Å². The molecule has 0 unspecified atom stereocenters. The second-order valence-corrected chi connectivity index (χ2v) is 8.54. The van der Waals surface area contributed by atoms with Crippen LogP contribution < -0.4 is 9.64 Å². The quantitative estimate of drug-likeness (QED) is 0.609. The lowest BCUT2D eigenvalue weighted by atomic mass is 9.48. The summed E-state index contributed by atoms with van der Waals surface area (Å²) in [5.41, 5.74) is 4.65. The Labute approximate surface area is 175 Å². The van der Waals surface area contributed by atoms with E-state index in [1.807, 2.05) is 36.4 Å². The van der Waals surface area contributed by atoms with E-state index in [-0.39, 0.29) is 17.7 Å². The van der Waals surface area contributed by atoms with Crippen LogP contribution >= 0.6 is 0 Å². The minimum atomic E-state index is -0.546. The van der Waals surface area contributed by atoms with Gasteiger partial charge in [0.05, 0.1) is 24.6 Å². The number of imide groups is 1. The number of nitrogens with zero attached hydrogens (tertiary/aromatic N) is 1. The van der Waals surface area contributed by atoms with E-state index in [0.29, 0.717) is 11.4 Å². The summed E-state index contributed by atoms with van der Waals surface area (Å²) in [6.45, 7) is 2.13. The fourth-order valence-electron chi connectivity index (χ4n) is 6.20. The molecular formula is C26H21NO3. The first kappa shape index (κ1) is 17.5. The molecule has 1 heterocycles. The van der Waals surface area contributed by atoms with E-state index < -0.39 is 17.3 Å². The van der Waals surface area contributed by atoms with Gasteiger partial charge in [0.15, 0.2) is 0 Å². The summed E-state index contributed by atoms with van der Waals surface area (Å²) in [6.07, 6.45) is 0. The molecule has 2 amide bonds. The Morgan fingerprint density at radius 3 is 2.00 bits per heavy atom. The summed E-state index contributed by atoms with van der Waals surface area (Å²) in [5, 5.41) is 0. The van der Waals surface area contributed by atoms with E-state index in [4.69, 9.17) is 4.74 Å². The normalized spacial score (nSPS) is 28.2. The molecule has 4 nitrogen and oxygen atoms in total. The summed E-state index contributed by atoms with van der Waals surface area (Å²) in [5.74, 6) is -0.673. The van der Waals surface area contributed by atoms with Crippen LogP contribution in [-0.2, 0) is 15.0 Å². The van der Waals surface area contributed by atoms with Crippen LogP contribution in [0.4, 0.5) is 5.69 Å². The van der Waals surface area contributed by atoms with Crippen molar-refractivity contribution in [3.05, 3.63) is 95.1 Å². The second-order valence-electron chi connectivity index (χ2n) is 8.54. The van der Waals surface area contributed by atoms with Gasteiger partial charge in [-0.2, -0.15) is 0 Å². The van der Waals surface area contributed by atoms with Gasteiger partial charge >= 0.3 is 0 Å². The highest BCUT2D eigenvalue weighted by molar-refractivity contribution is 6.24. The van der Waals surface area contributed by atoms with Crippen LogP contribution in [0.3, 0.4) is 0 Å². The van der Waals surface area contributed by atoms with Crippen molar-refractivity contribution in [1.82, 2.24) is 0 Å². The molecule has 0 aromatic heterocycles. The molecule has 0 radical (unpaired) electrons. The number of methoxy groups -OCH3 is 1. The van der Waals surface area contributed by atoms with Crippen LogP contribution in [0.15, 0.2) is 72.8 Å². The van der Waals surface area contributed by atoms with Gasteiger partial charge in [-0.3, -0.25) is 9.59 Å². The Hall–Kier alpha value is -3.40. The fourth-order valence-corrected chi connectivity index (χ4v) is 6.20. The number of benzene rings is 3. The highest BCUT2D eigenvalue weighted by atomic mass is 16.5. The maximum absolute atomic E-state index is 13.9. The number of hydrogen-bond donors (Lipinski definition) is 0. The maximum Gasteiger partial charge on any atom is 0.239 e. The van der Waals surface area contributed by atoms with Crippen LogP contribution in [0, 0.1) is 11.8 Å². The third kappa shape index (κ3) is 1.87. The number of para-hydroxylation sites is 2. The molecule has 1 aliphatic heterocycles. The lowest BCUT2D eigenvalue weighted by Crippen LogP contribution is -2.51. The molecular weight excluding hydrogens is 374 g/mol. The molecule has 4 heteroatoms. The summed E-state index contributed by atoms with van der Waals surface area (Å²) in [4.78, 5) is 29.1. The lowest BCUT2D eigenvalue weighted by Gasteiger charge is -2.52. The molecule has 4 aliphatic rings. The summed E-state index contributed by atoms with van der Waals surface area (Å²) in [7, 11) is 1.56. The lowest BCUT2D eigenvalue weighted by molar-refractivity contribution is -0.123. The number of carbonyl (C=O) groups is 2. The van der Waals surface area contributed by atoms with Crippen molar-refractivity contribution in [3.8, 4) is 5.75 Å². The Morgan fingerprint density at radius 1 is 0.800 bits per heavy atom. The average molecular weight is 395 g/mol. The summed E-state index contributed by atoms with van der Waals surface area (Å²) < 4.78 is 5.48. The van der Waals surface area contributed by atoms with Crippen molar-refractivity contribution in [1.29, 1.82) is 0 Å². The molecule has 0 spiro atoms. The van der Waals surface area contributed by atoms with Crippen molar-refractivity contribution in [3.63, 3.8) is 0 Å². The molecule has 1 saturated heterocycles. The van der Waals surface area contributed by atoms with E-state index >= 15 is 0 Å². The van der Waals surface area contributed by atoms with Crippen LogP contribution in [0.2, 0.25) is 0 Å². The number of anilines is 1. The van der Waals surface area contributed by atoms with Gasteiger partial charge in [0.1, 0.15) is 5.75 Å². The third-order valence-corrected chi connectivity index (χ3v) is 7.37. The Bertz CT molecular complexity index is 1180. The first-order valence-corrected chi connectivity index (χ1v) is 10.3. The highest BCUT2D eigenvalue weighted by Crippen LogP contribution is 2.64. The van der Waals surface area contributed by atoms with Gasteiger partial charge in [0, 0.05) is 11.3 Å². The first-order valence-electron chi connectivity index (χ1n) is 10.3. The molecule has 30 heavy (non-hydrogen) atoms. The first-order chi connectivity index (χ1) is 14.6. The van der Waals surface area contributed by atoms with E-state index in [2.05, 4.69) is 31.2 Å². The minimum Gasteiger partial charge on any atom is -0.495 e. The van der Waals surface area contributed by atoms with E-state index in [9.17, 15) is 9.59 Å². The van der Waals surface area contributed by atoms with Crippen LogP contribution in [0.5, 0.6) is 5.75 Å². The standard InChI is InChI=1S/C26H21NO3/c1-26-17-11-5-3-9-15(17)21(16-10-4-6-12-18(16)26)22-23(26)25(29)27(24(22)28)19-13-7-8-14-20(19)30-2/h3-14,21-23H,1-2H3/t21?,22-,23-,26?/m0/s1. The molecule has 1 fully saturated rings. The molecule has 0 N–H and O–H groups in total. The molecule has 3 aliphatic carbocycles. The molecule has 3 aromatic carbocycles. The van der Waals surface area contributed by atoms with E-state index in [1.165, 1.54) is 16.0 Å². The monoisotopic (exact) mass is 395 g/mol. The zero-order valence-electron chi connectivity index (χ0n) is 16.8. The molecule has 3 aromatic rings. The molecule has 7 rings (SSSR count). The minimum absolute atomic E-state index is 0.111. The van der Waals surface area contributed by atoms with Gasteiger partial charge in [-0.15, -0.1) is 0 Å². The smallest absolute Gasteiger partial charge is 0.239 e. The Morgan fingerprint density at radius 2 is 1.37 bits per heavy atom. The van der Waals surface area contributed by atoms with Crippen molar-refractivity contribution < 1.29 is 14.3 Å². The zero-order chi connectivity index (χ0) is 20.6. The number of hydrogen-bond acceptors (Lipinski definition) is 3. The molecule has 2 atom stereocenters. The van der Waals surface area contributed by atoms with Gasteiger partial charge in [-0.1, -0.05) is 67.6 Å². The van der Waals surface area contributed by atoms with Crippen molar-refractivity contribution in [2.45, 2.75) is 18.3 Å². The third-order valence-electron chi connectivity index (χ3n) is 7.37. The SMILES string of the molecule is COc1ccccc1N1C(=O)[C@@H]2[C@@H](C1=O)C1c3ccccc3C2(C)c2ccccc21. The second kappa shape index (κ2) is 5.82. The van der Waals surface area contributed by atoms with Gasteiger partial charge in [-0.05, 0) is 34.4 Å². The van der Waals surface area contributed by atoms with Crippen molar-refractivity contribution >= 4 is 17.5 Å². The Kier molecular flexibility index (Phi) is 3.39. The van der Waals surface area contributed by atoms with Crippen LogP contribution in [0.1, 0.15) is 35.1 Å². The highest BCUT2D eigenvalue weighted by Gasteiger charge is 2.66. The van der Waals surface area contributed by atoms with Crippen LogP contribution in [-0.4, -0.2) is 18.9 Å². The largest absolute Gasteiger partial charge is 0.495 e. The predicted molar refractivity (Wildman–Crippen MR) is 114 cm³/mol.